The molecule has 0 amide bonds. The number of benzene rings is 1. The predicted molar refractivity (Wildman–Crippen MR) is 81.2 cm³/mol. The quantitative estimate of drug-likeness (QED) is 0.653. The summed E-state index contributed by atoms with van der Waals surface area (Å²) in [5.41, 5.74) is 0.471. The lowest BCUT2D eigenvalue weighted by atomic mass is 10.1. The minimum Gasteiger partial charge on any atom is -0.497 e. The number of carbonyl (C=O) groups excluding carboxylic acids is 1. The fourth-order valence-corrected chi connectivity index (χ4v) is 3.64. The molecule has 0 aliphatic rings. The van der Waals surface area contributed by atoms with Crippen LogP contribution in [0.3, 0.4) is 0 Å². The van der Waals surface area contributed by atoms with Gasteiger partial charge in [0.25, 0.3) is 0 Å². The normalized spacial score (nSPS) is 10.4. The van der Waals surface area contributed by atoms with E-state index in [0.29, 0.717) is 21.2 Å². The highest BCUT2D eigenvalue weighted by atomic mass is 79.9. The van der Waals surface area contributed by atoms with Crippen LogP contribution in [-0.2, 0) is 0 Å². The van der Waals surface area contributed by atoms with Crippen molar-refractivity contribution in [3.8, 4) is 5.75 Å². The third-order valence-electron chi connectivity index (χ3n) is 2.29. The summed E-state index contributed by atoms with van der Waals surface area (Å²) >= 11 is 14.2. The van der Waals surface area contributed by atoms with Crippen LogP contribution in [0.2, 0.25) is 5.02 Å². The van der Waals surface area contributed by atoms with E-state index in [-0.39, 0.29) is 5.78 Å². The topological polar surface area (TPSA) is 26.3 Å². The van der Waals surface area contributed by atoms with Crippen molar-refractivity contribution < 1.29 is 9.53 Å². The second-order valence-corrected chi connectivity index (χ2v) is 7.04. The van der Waals surface area contributed by atoms with Crippen LogP contribution < -0.4 is 4.74 Å². The van der Waals surface area contributed by atoms with E-state index < -0.39 is 0 Å². The number of ketones is 1. The molecule has 0 saturated carbocycles. The highest BCUT2D eigenvalue weighted by Crippen LogP contribution is 2.34. The molecule has 0 aliphatic carbocycles. The minimum absolute atomic E-state index is 0.0981. The van der Waals surface area contributed by atoms with Crippen LogP contribution in [0, 0.1) is 0 Å². The molecule has 0 N–H and O–H groups in total. The zero-order chi connectivity index (χ0) is 13.3. The maximum atomic E-state index is 12.3. The van der Waals surface area contributed by atoms with Gasteiger partial charge in [-0.2, -0.15) is 0 Å². The smallest absolute Gasteiger partial charge is 0.204 e. The monoisotopic (exact) mass is 408 g/mol. The first kappa shape index (κ1) is 14.1. The Hall–Kier alpha value is -0.360. The Bertz CT molecular complexity index is 591. The van der Waals surface area contributed by atoms with E-state index in [4.69, 9.17) is 16.3 Å². The third-order valence-corrected chi connectivity index (χ3v) is 5.86. The standard InChI is InChI=1S/C12H7Br2ClO2S/c1-17-6-2-3-7(9(15)4-6)11(16)10-5-8(13)12(14)18-10/h2-5H,1H3. The summed E-state index contributed by atoms with van der Waals surface area (Å²) in [6.45, 7) is 0. The largest absolute Gasteiger partial charge is 0.497 e. The van der Waals surface area contributed by atoms with E-state index in [0.717, 1.165) is 8.26 Å². The van der Waals surface area contributed by atoms with Crippen LogP contribution in [0.1, 0.15) is 15.2 Å². The zero-order valence-corrected chi connectivity index (χ0v) is 13.9. The van der Waals surface area contributed by atoms with Crippen LogP contribution in [0.25, 0.3) is 0 Å². The Labute approximate surface area is 130 Å². The average molecular weight is 411 g/mol. The molecule has 0 spiro atoms. The summed E-state index contributed by atoms with van der Waals surface area (Å²) in [6, 6.07) is 6.80. The van der Waals surface area contributed by atoms with Gasteiger partial charge in [0.2, 0.25) is 5.78 Å². The number of ether oxygens (including phenoxy) is 1. The van der Waals surface area contributed by atoms with E-state index in [1.54, 1.807) is 31.4 Å². The fourth-order valence-electron chi connectivity index (χ4n) is 1.40. The molecule has 2 rings (SSSR count). The molecule has 1 heterocycles. The van der Waals surface area contributed by atoms with Crippen LogP contribution >= 0.6 is 54.8 Å². The summed E-state index contributed by atoms with van der Waals surface area (Å²) in [5.74, 6) is 0.532. The molecule has 6 heteroatoms. The molecule has 18 heavy (non-hydrogen) atoms. The van der Waals surface area contributed by atoms with Gasteiger partial charge in [0.1, 0.15) is 5.75 Å². The molecular formula is C12H7Br2ClO2S. The van der Waals surface area contributed by atoms with Crippen LogP contribution in [0.15, 0.2) is 32.5 Å². The molecule has 0 unspecified atom stereocenters. The molecule has 0 fully saturated rings. The molecule has 0 saturated heterocycles. The summed E-state index contributed by atoms with van der Waals surface area (Å²) in [6.07, 6.45) is 0. The first-order chi connectivity index (χ1) is 8.52. The molecule has 1 aromatic carbocycles. The summed E-state index contributed by atoms with van der Waals surface area (Å²) < 4.78 is 6.80. The van der Waals surface area contributed by atoms with Gasteiger partial charge in [0.05, 0.1) is 20.8 Å². The van der Waals surface area contributed by atoms with Crippen LogP contribution in [0.5, 0.6) is 5.75 Å². The van der Waals surface area contributed by atoms with E-state index in [9.17, 15) is 4.79 Å². The first-order valence-corrected chi connectivity index (χ1v) is 7.64. The van der Waals surface area contributed by atoms with E-state index in [1.165, 1.54) is 11.3 Å². The van der Waals surface area contributed by atoms with Gasteiger partial charge >= 0.3 is 0 Å². The molecule has 2 nitrogen and oxygen atoms in total. The number of thiophene rings is 1. The molecule has 2 aromatic rings. The lowest BCUT2D eigenvalue weighted by Crippen LogP contribution is -1.99. The van der Waals surface area contributed by atoms with E-state index >= 15 is 0 Å². The minimum atomic E-state index is -0.0981. The fraction of sp³-hybridized carbons (Fsp3) is 0.0833. The van der Waals surface area contributed by atoms with E-state index in [2.05, 4.69) is 31.9 Å². The van der Waals surface area contributed by atoms with Crippen molar-refractivity contribution >= 4 is 60.6 Å². The van der Waals surface area contributed by atoms with Crippen LogP contribution in [-0.4, -0.2) is 12.9 Å². The number of hydrogen-bond acceptors (Lipinski definition) is 3. The Morgan fingerprint density at radius 3 is 2.56 bits per heavy atom. The lowest BCUT2D eigenvalue weighted by molar-refractivity contribution is 0.104. The summed E-state index contributed by atoms with van der Waals surface area (Å²) in [7, 11) is 1.56. The second-order valence-electron chi connectivity index (χ2n) is 3.41. The van der Waals surface area contributed by atoms with E-state index in [1.807, 2.05) is 0 Å². The zero-order valence-electron chi connectivity index (χ0n) is 9.17. The lowest BCUT2D eigenvalue weighted by Gasteiger charge is -2.04. The van der Waals surface area contributed by atoms with Crippen molar-refractivity contribution in [2.75, 3.05) is 7.11 Å². The highest BCUT2D eigenvalue weighted by Gasteiger charge is 2.17. The SMILES string of the molecule is COc1ccc(C(=O)c2cc(Br)c(Br)s2)c(Cl)c1. The number of methoxy groups -OCH3 is 1. The van der Waals surface area contributed by atoms with Crippen LogP contribution in [0.4, 0.5) is 0 Å². The average Bonchev–Trinajstić information content (AvgIpc) is 2.68. The first-order valence-electron chi connectivity index (χ1n) is 4.86. The second kappa shape index (κ2) is 5.74. The van der Waals surface area contributed by atoms with Crippen molar-refractivity contribution in [2.45, 2.75) is 0 Å². The van der Waals surface area contributed by atoms with Crippen molar-refractivity contribution in [2.24, 2.45) is 0 Å². The van der Waals surface area contributed by atoms with Crippen molar-refractivity contribution in [3.63, 3.8) is 0 Å². The summed E-state index contributed by atoms with van der Waals surface area (Å²) in [4.78, 5) is 12.9. The predicted octanol–water partition coefficient (Wildman–Crippen LogP) is 5.17. The Morgan fingerprint density at radius 2 is 2.06 bits per heavy atom. The maximum Gasteiger partial charge on any atom is 0.204 e. The molecular weight excluding hydrogens is 403 g/mol. The number of carbonyl (C=O) groups is 1. The van der Waals surface area contributed by atoms with Gasteiger partial charge in [-0.25, -0.2) is 0 Å². The maximum absolute atomic E-state index is 12.3. The Kier molecular flexibility index (Phi) is 4.48. The summed E-state index contributed by atoms with van der Waals surface area (Å²) in [5, 5.41) is 0.389. The van der Waals surface area contributed by atoms with Gasteiger partial charge in [-0.1, -0.05) is 11.6 Å². The molecule has 0 bridgehead atoms. The van der Waals surface area contributed by atoms with Gasteiger partial charge in [-0.15, -0.1) is 11.3 Å². The Balaban J connectivity index is 2.40. The highest BCUT2D eigenvalue weighted by molar-refractivity contribution is 9.13. The van der Waals surface area contributed by atoms with Gasteiger partial charge < -0.3 is 4.74 Å². The van der Waals surface area contributed by atoms with Crippen molar-refractivity contribution in [1.82, 2.24) is 0 Å². The molecule has 94 valence electrons. The molecule has 1 aromatic heterocycles. The molecule has 0 radical (unpaired) electrons. The number of hydrogen-bond donors (Lipinski definition) is 0. The number of halogens is 3. The number of rotatable bonds is 3. The van der Waals surface area contributed by atoms with Crippen molar-refractivity contribution in [3.05, 3.63) is 48.0 Å². The van der Waals surface area contributed by atoms with Gasteiger partial charge in [0, 0.05) is 10.0 Å². The van der Waals surface area contributed by atoms with Crippen molar-refractivity contribution in [1.29, 1.82) is 0 Å². The Morgan fingerprint density at radius 1 is 1.33 bits per heavy atom. The molecule has 0 aliphatic heterocycles. The van der Waals surface area contributed by atoms with Gasteiger partial charge in [-0.3, -0.25) is 4.79 Å². The molecule has 0 atom stereocenters. The third kappa shape index (κ3) is 2.79. The van der Waals surface area contributed by atoms with Gasteiger partial charge in [0.15, 0.2) is 0 Å². The van der Waals surface area contributed by atoms with Gasteiger partial charge in [-0.05, 0) is 56.1 Å².